The van der Waals surface area contributed by atoms with Gasteiger partial charge < -0.3 is 20.3 Å². The smallest absolute Gasteiger partial charge is 0.154 e. The van der Waals surface area contributed by atoms with Gasteiger partial charge in [-0.25, -0.2) is 8.42 Å². The van der Waals surface area contributed by atoms with Gasteiger partial charge in [-0.3, -0.25) is 0 Å². The molecule has 1 fully saturated rings. The summed E-state index contributed by atoms with van der Waals surface area (Å²) in [5.74, 6) is -0.209. The molecule has 0 amide bonds. The molecule has 0 aromatic carbocycles. The standard InChI is InChI=1S/C9H19NO5S/c1-15-4-7(11)2-3-10-8-5-16(13,14)6-9(8)12/h7-12H,2-6H2,1H3. The quantitative estimate of drug-likeness (QED) is 0.513. The molecule has 7 heteroatoms. The Labute approximate surface area is 95.5 Å². The molecule has 0 radical (unpaired) electrons. The van der Waals surface area contributed by atoms with Crippen LogP contribution in [0.25, 0.3) is 0 Å². The first-order valence-corrected chi connectivity index (χ1v) is 7.05. The molecule has 0 spiro atoms. The maximum Gasteiger partial charge on any atom is 0.154 e. The summed E-state index contributed by atoms with van der Waals surface area (Å²) in [7, 11) is -1.60. The maximum atomic E-state index is 11.2. The van der Waals surface area contributed by atoms with Crippen molar-refractivity contribution in [1.29, 1.82) is 0 Å². The van der Waals surface area contributed by atoms with Gasteiger partial charge in [0.1, 0.15) is 0 Å². The fraction of sp³-hybridized carbons (Fsp3) is 1.00. The lowest BCUT2D eigenvalue weighted by Gasteiger charge is -2.16. The van der Waals surface area contributed by atoms with Crippen molar-refractivity contribution in [2.45, 2.75) is 24.7 Å². The lowest BCUT2D eigenvalue weighted by atomic mass is 10.2. The molecule has 3 unspecified atom stereocenters. The van der Waals surface area contributed by atoms with E-state index in [0.717, 1.165) is 0 Å². The Hall–Kier alpha value is -0.210. The Morgan fingerprint density at radius 2 is 2.19 bits per heavy atom. The first kappa shape index (κ1) is 13.9. The lowest BCUT2D eigenvalue weighted by Crippen LogP contribution is -2.40. The summed E-state index contributed by atoms with van der Waals surface area (Å²) in [5.41, 5.74) is 0. The molecule has 0 saturated carbocycles. The molecule has 96 valence electrons. The van der Waals surface area contributed by atoms with E-state index in [-0.39, 0.29) is 18.1 Å². The zero-order valence-corrected chi connectivity index (χ0v) is 10.1. The van der Waals surface area contributed by atoms with E-state index in [0.29, 0.717) is 13.0 Å². The monoisotopic (exact) mass is 253 g/mol. The van der Waals surface area contributed by atoms with Crippen LogP contribution in [0.5, 0.6) is 0 Å². The number of hydrogen-bond acceptors (Lipinski definition) is 6. The highest BCUT2D eigenvalue weighted by Gasteiger charge is 2.35. The number of rotatable bonds is 6. The van der Waals surface area contributed by atoms with Crippen LogP contribution in [-0.4, -0.2) is 68.6 Å². The van der Waals surface area contributed by atoms with Crippen molar-refractivity contribution in [2.75, 3.05) is 31.8 Å². The fourth-order valence-corrected chi connectivity index (χ4v) is 3.51. The molecule has 1 saturated heterocycles. The Morgan fingerprint density at radius 1 is 1.50 bits per heavy atom. The van der Waals surface area contributed by atoms with E-state index in [1.165, 1.54) is 7.11 Å². The third-order valence-corrected chi connectivity index (χ3v) is 4.28. The summed E-state index contributed by atoms with van der Waals surface area (Å²) < 4.78 is 27.1. The van der Waals surface area contributed by atoms with E-state index in [1.54, 1.807) is 0 Å². The van der Waals surface area contributed by atoms with Gasteiger partial charge in [0, 0.05) is 13.2 Å². The van der Waals surface area contributed by atoms with Gasteiger partial charge in [0.2, 0.25) is 0 Å². The van der Waals surface area contributed by atoms with E-state index in [9.17, 15) is 18.6 Å². The van der Waals surface area contributed by atoms with Gasteiger partial charge in [-0.2, -0.15) is 0 Å². The number of sulfone groups is 1. The minimum absolute atomic E-state index is 0.0332. The van der Waals surface area contributed by atoms with Gasteiger partial charge in [0.25, 0.3) is 0 Å². The number of hydrogen-bond donors (Lipinski definition) is 3. The molecule has 1 aliphatic rings. The van der Waals surface area contributed by atoms with Crippen LogP contribution in [0.4, 0.5) is 0 Å². The summed E-state index contributed by atoms with van der Waals surface area (Å²) in [5, 5.41) is 21.7. The summed E-state index contributed by atoms with van der Waals surface area (Å²) in [6.45, 7) is 0.717. The molecule has 1 rings (SSSR count). The molecule has 0 bridgehead atoms. The zero-order chi connectivity index (χ0) is 12.2. The Balaban J connectivity index is 2.24. The SMILES string of the molecule is COCC(O)CCNC1CS(=O)(=O)CC1O. The van der Waals surface area contributed by atoms with E-state index in [2.05, 4.69) is 5.32 Å². The third kappa shape index (κ3) is 4.34. The molecule has 3 N–H and O–H groups in total. The van der Waals surface area contributed by atoms with Gasteiger partial charge in [0.05, 0.1) is 30.3 Å². The number of aliphatic hydroxyl groups excluding tert-OH is 2. The van der Waals surface area contributed by atoms with Gasteiger partial charge in [-0.1, -0.05) is 0 Å². The van der Waals surface area contributed by atoms with Crippen LogP contribution in [0.1, 0.15) is 6.42 Å². The summed E-state index contributed by atoms with van der Waals surface area (Å²) in [6, 6.07) is -0.417. The molecule has 1 aliphatic heterocycles. The molecular weight excluding hydrogens is 234 g/mol. The average Bonchev–Trinajstić information content (AvgIpc) is 2.40. The molecular formula is C9H19NO5S. The van der Waals surface area contributed by atoms with Gasteiger partial charge in [-0.15, -0.1) is 0 Å². The van der Waals surface area contributed by atoms with Crippen LogP contribution >= 0.6 is 0 Å². The normalized spacial score (nSPS) is 30.4. The minimum atomic E-state index is -3.11. The van der Waals surface area contributed by atoms with Gasteiger partial charge in [-0.05, 0) is 13.0 Å². The zero-order valence-electron chi connectivity index (χ0n) is 9.30. The number of nitrogens with one attached hydrogen (secondary N) is 1. The third-order valence-electron chi connectivity index (χ3n) is 2.57. The largest absolute Gasteiger partial charge is 0.391 e. The first-order chi connectivity index (χ1) is 7.44. The van der Waals surface area contributed by atoms with Crippen molar-refractivity contribution in [1.82, 2.24) is 5.32 Å². The lowest BCUT2D eigenvalue weighted by molar-refractivity contribution is 0.0579. The van der Waals surface area contributed by atoms with Crippen molar-refractivity contribution < 1.29 is 23.4 Å². The van der Waals surface area contributed by atoms with Gasteiger partial charge in [0.15, 0.2) is 9.84 Å². The highest BCUT2D eigenvalue weighted by molar-refractivity contribution is 7.91. The maximum absolute atomic E-state index is 11.2. The van der Waals surface area contributed by atoms with Crippen LogP contribution in [0, 0.1) is 0 Å². The van der Waals surface area contributed by atoms with Crippen LogP contribution in [0.2, 0.25) is 0 Å². The topological polar surface area (TPSA) is 95.9 Å². The van der Waals surface area contributed by atoms with Gasteiger partial charge >= 0.3 is 0 Å². The van der Waals surface area contributed by atoms with Crippen molar-refractivity contribution in [3.63, 3.8) is 0 Å². The number of ether oxygens (including phenoxy) is 1. The van der Waals surface area contributed by atoms with Crippen molar-refractivity contribution in [3.05, 3.63) is 0 Å². The van der Waals surface area contributed by atoms with E-state index < -0.39 is 28.1 Å². The van der Waals surface area contributed by atoms with E-state index >= 15 is 0 Å². The summed E-state index contributed by atoms with van der Waals surface area (Å²) in [6.07, 6.45) is -0.936. The molecule has 0 aliphatic carbocycles. The average molecular weight is 253 g/mol. The molecule has 3 atom stereocenters. The van der Waals surface area contributed by atoms with Crippen molar-refractivity contribution in [3.8, 4) is 0 Å². The molecule has 0 aromatic rings. The van der Waals surface area contributed by atoms with E-state index in [1.807, 2.05) is 0 Å². The highest BCUT2D eigenvalue weighted by atomic mass is 32.2. The Morgan fingerprint density at radius 3 is 2.69 bits per heavy atom. The molecule has 0 aromatic heterocycles. The second kappa shape index (κ2) is 5.92. The summed E-state index contributed by atoms with van der Waals surface area (Å²) in [4.78, 5) is 0. The molecule has 16 heavy (non-hydrogen) atoms. The van der Waals surface area contributed by atoms with Crippen molar-refractivity contribution >= 4 is 9.84 Å². The number of methoxy groups -OCH3 is 1. The fourth-order valence-electron chi connectivity index (χ4n) is 1.74. The van der Waals surface area contributed by atoms with E-state index in [4.69, 9.17) is 4.74 Å². The molecule has 6 nitrogen and oxygen atoms in total. The Kier molecular flexibility index (Phi) is 5.13. The van der Waals surface area contributed by atoms with Crippen LogP contribution < -0.4 is 5.32 Å². The molecule has 1 heterocycles. The minimum Gasteiger partial charge on any atom is -0.391 e. The van der Waals surface area contributed by atoms with Crippen molar-refractivity contribution in [2.24, 2.45) is 0 Å². The van der Waals surface area contributed by atoms with Crippen LogP contribution in [0.15, 0.2) is 0 Å². The van der Waals surface area contributed by atoms with Crippen LogP contribution in [0.3, 0.4) is 0 Å². The first-order valence-electron chi connectivity index (χ1n) is 5.23. The number of aliphatic hydroxyl groups is 2. The second-order valence-corrected chi connectivity index (χ2v) is 6.26. The highest BCUT2D eigenvalue weighted by Crippen LogP contribution is 2.12. The predicted molar refractivity (Wildman–Crippen MR) is 59.0 cm³/mol. The predicted octanol–water partition coefficient (Wildman–Crippen LogP) is -1.87. The Bertz CT molecular complexity index is 305. The second-order valence-electron chi connectivity index (χ2n) is 4.10. The summed E-state index contributed by atoms with van der Waals surface area (Å²) >= 11 is 0. The van der Waals surface area contributed by atoms with Crippen LogP contribution in [-0.2, 0) is 14.6 Å².